The van der Waals surface area contributed by atoms with E-state index >= 15 is 0 Å². The van der Waals surface area contributed by atoms with Crippen molar-refractivity contribution in [3.8, 4) is 0 Å². The highest BCUT2D eigenvalue weighted by molar-refractivity contribution is 5.85. The Balaban J connectivity index is 2.47. The molecule has 4 heteroatoms. The highest BCUT2D eigenvalue weighted by Crippen LogP contribution is 2.26. The third-order valence-electron chi connectivity index (χ3n) is 3.65. The molecule has 0 fully saturated rings. The SMILES string of the molecule is CCC(C)n1cc(CC(N)C(=O)O)c2ccccc21. The van der Waals surface area contributed by atoms with Gasteiger partial charge in [-0.15, -0.1) is 0 Å². The molecule has 0 amide bonds. The molecule has 1 aromatic carbocycles. The summed E-state index contributed by atoms with van der Waals surface area (Å²) in [5, 5.41) is 10.0. The lowest BCUT2D eigenvalue weighted by atomic mass is 10.1. The Bertz CT molecular complexity index is 589. The zero-order valence-corrected chi connectivity index (χ0v) is 11.3. The highest BCUT2D eigenvalue weighted by Gasteiger charge is 2.17. The molecular weight excluding hydrogens is 240 g/mol. The van der Waals surface area contributed by atoms with E-state index in [2.05, 4.69) is 24.5 Å². The van der Waals surface area contributed by atoms with Crippen LogP contribution in [0.4, 0.5) is 0 Å². The number of aromatic nitrogens is 1. The van der Waals surface area contributed by atoms with Gasteiger partial charge in [0, 0.05) is 29.6 Å². The van der Waals surface area contributed by atoms with E-state index in [9.17, 15) is 4.79 Å². The number of fused-ring (bicyclic) bond motifs is 1. The molecule has 2 atom stereocenters. The highest BCUT2D eigenvalue weighted by atomic mass is 16.4. The zero-order valence-electron chi connectivity index (χ0n) is 11.3. The average molecular weight is 260 g/mol. The Labute approximate surface area is 112 Å². The van der Waals surface area contributed by atoms with Crippen LogP contribution in [0.5, 0.6) is 0 Å². The number of hydrogen-bond acceptors (Lipinski definition) is 2. The fraction of sp³-hybridized carbons (Fsp3) is 0.400. The van der Waals surface area contributed by atoms with Crippen LogP contribution in [0.25, 0.3) is 10.9 Å². The summed E-state index contributed by atoms with van der Waals surface area (Å²) in [6.45, 7) is 4.30. The number of rotatable bonds is 5. The third-order valence-corrected chi connectivity index (χ3v) is 3.65. The van der Waals surface area contributed by atoms with Gasteiger partial charge >= 0.3 is 5.97 Å². The third kappa shape index (κ3) is 2.63. The van der Waals surface area contributed by atoms with E-state index in [-0.39, 0.29) is 0 Å². The van der Waals surface area contributed by atoms with Crippen molar-refractivity contribution in [3.63, 3.8) is 0 Å². The molecule has 1 aromatic heterocycles. The zero-order chi connectivity index (χ0) is 14.0. The van der Waals surface area contributed by atoms with Gasteiger partial charge < -0.3 is 15.4 Å². The predicted molar refractivity (Wildman–Crippen MR) is 76.3 cm³/mol. The maximum absolute atomic E-state index is 10.9. The Morgan fingerprint density at radius 1 is 1.42 bits per heavy atom. The summed E-state index contributed by atoms with van der Waals surface area (Å²) in [4.78, 5) is 10.9. The molecule has 0 aliphatic rings. The van der Waals surface area contributed by atoms with Crippen molar-refractivity contribution in [3.05, 3.63) is 36.0 Å². The lowest BCUT2D eigenvalue weighted by Gasteiger charge is -2.12. The lowest BCUT2D eigenvalue weighted by molar-refractivity contribution is -0.138. The molecule has 3 N–H and O–H groups in total. The Hall–Kier alpha value is -1.81. The maximum atomic E-state index is 10.9. The monoisotopic (exact) mass is 260 g/mol. The number of carbonyl (C=O) groups is 1. The topological polar surface area (TPSA) is 68.2 Å². The van der Waals surface area contributed by atoms with Gasteiger partial charge in [0.2, 0.25) is 0 Å². The van der Waals surface area contributed by atoms with E-state index in [4.69, 9.17) is 10.8 Å². The standard InChI is InChI=1S/C15H20N2O2/c1-3-10(2)17-9-11(8-13(16)15(18)19)12-6-4-5-7-14(12)17/h4-7,9-10,13H,3,8,16H2,1-2H3,(H,18,19). The molecule has 0 bridgehead atoms. The summed E-state index contributed by atoms with van der Waals surface area (Å²) in [5.74, 6) is -0.958. The van der Waals surface area contributed by atoms with Crippen molar-refractivity contribution in [1.29, 1.82) is 0 Å². The molecule has 0 radical (unpaired) electrons. The van der Waals surface area contributed by atoms with Gasteiger partial charge in [-0.2, -0.15) is 0 Å². The van der Waals surface area contributed by atoms with E-state index in [1.165, 1.54) is 0 Å². The number of para-hydroxylation sites is 1. The fourth-order valence-corrected chi connectivity index (χ4v) is 2.33. The minimum absolute atomic E-state index is 0.360. The number of benzene rings is 1. The van der Waals surface area contributed by atoms with Gasteiger partial charge in [0.15, 0.2) is 0 Å². The first-order valence-corrected chi connectivity index (χ1v) is 6.61. The molecule has 102 valence electrons. The van der Waals surface area contributed by atoms with Crippen molar-refractivity contribution in [2.75, 3.05) is 0 Å². The first kappa shape index (κ1) is 13.6. The molecule has 0 aliphatic carbocycles. The van der Waals surface area contributed by atoms with Gasteiger partial charge in [-0.25, -0.2) is 0 Å². The summed E-state index contributed by atoms with van der Waals surface area (Å²) in [6.07, 6.45) is 3.43. The van der Waals surface area contributed by atoms with E-state index in [0.717, 1.165) is 22.9 Å². The number of carboxylic acids is 1. The van der Waals surface area contributed by atoms with Gasteiger partial charge in [0.1, 0.15) is 6.04 Å². The Morgan fingerprint density at radius 3 is 2.74 bits per heavy atom. The molecule has 2 unspecified atom stereocenters. The van der Waals surface area contributed by atoms with Crippen LogP contribution in [0.2, 0.25) is 0 Å². The normalized spacial score (nSPS) is 14.5. The Kier molecular flexibility index (Phi) is 3.90. The van der Waals surface area contributed by atoms with E-state index < -0.39 is 12.0 Å². The number of carboxylic acid groups (broad SMARTS) is 1. The first-order chi connectivity index (χ1) is 9.04. The summed E-state index contributed by atoms with van der Waals surface area (Å²) in [5.41, 5.74) is 7.80. The quantitative estimate of drug-likeness (QED) is 0.868. The molecule has 1 heterocycles. The van der Waals surface area contributed by atoms with Crippen LogP contribution in [0, 0.1) is 0 Å². The first-order valence-electron chi connectivity index (χ1n) is 6.61. The van der Waals surface area contributed by atoms with Crippen LogP contribution >= 0.6 is 0 Å². The van der Waals surface area contributed by atoms with Gasteiger partial charge in [-0.05, 0) is 25.0 Å². The summed E-state index contributed by atoms with van der Waals surface area (Å²) < 4.78 is 2.21. The molecule has 0 spiro atoms. The Morgan fingerprint density at radius 2 is 2.11 bits per heavy atom. The van der Waals surface area contributed by atoms with Gasteiger partial charge in [0.25, 0.3) is 0 Å². The van der Waals surface area contributed by atoms with Crippen molar-refractivity contribution in [1.82, 2.24) is 4.57 Å². The van der Waals surface area contributed by atoms with E-state index in [0.29, 0.717) is 12.5 Å². The fourth-order valence-electron chi connectivity index (χ4n) is 2.33. The predicted octanol–water partition coefficient (Wildman–Crippen LogP) is 2.57. The smallest absolute Gasteiger partial charge is 0.320 e. The number of hydrogen-bond donors (Lipinski definition) is 2. The van der Waals surface area contributed by atoms with Crippen LogP contribution < -0.4 is 5.73 Å². The van der Waals surface area contributed by atoms with Crippen LogP contribution in [-0.4, -0.2) is 21.7 Å². The van der Waals surface area contributed by atoms with Crippen molar-refractivity contribution in [2.45, 2.75) is 38.8 Å². The van der Waals surface area contributed by atoms with E-state index in [1.807, 2.05) is 24.4 Å². The van der Waals surface area contributed by atoms with Gasteiger partial charge in [-0.1, -0.05) is 25.1 Å². The van der Waals surface area contributed by atoms with Gasteiger partial charge in [-0.3, -0.25) is 4.79 Å². The van der Waals surface area contributed by atoms with Gasteiger partial charge in [0.05, 0.1) is 0 Å². The second-order valence-electron chi connectivity index (χ2n) is 4.98. The van der Waals surface area contributed by atoms with E-state index in [1.54, 1.807) is 0 Å². The van der Waals surface area contributed by atoms with Crippen LogP contribution in [0.1, 0.15) is 31.9 Å². The van der Waals surface area contributed by atoms with Crippen LogP contribution in [-0.2, 0) is 11.2 Å². The molecule has 0 saturated heterocycles. The molecular formula is C15H20N2O2. The second-order valence-corrected chi connectivity index (χ2v) is 4.98. The largest absolute Gasteiger partial charge is 0.480 e. The molecule has 0 aliphatic heterocycles. The second kappa shape index (κ2) is 5.45. The molecule has 2 rings (SSSR count). The molecule has 19 heavy (non-hydrogen) atoms. The van der Waals surface area contributed by atoms with Crippen LogP contribution in [0.3, 0.4) is 0 Å². The summed E-state index contributed by atoms with van der Waals surface area (Å²) in [6, 6.07) is 7.60. The maximum Gasteiger partial charge on any atom is 0.320 e. The number of nitrogens with two attached hydrogens (primary N) is 1. The minimum Gasteiger partial charge on any atom is -0.480 e. The van der Waals surface area contributed by atoms with Crippen LogP contribution in [0.15, 0.2) is 30.5 Å². The summed E-state index contributed by atoms with van der Waals surface area (Å²) in [7, 11) is 0. The molecule has 4 nitrogen and oxygen atoms in total. The number of aliphatic carboxylic acids is 1. The van der Waals surface area contributed by atoms with Crippen molar-refractivity contribution >= 4 is 16.9 Å². The lowest BCUT2D eigenvalue weighted by Crippen LogP contribution is -2.32. The summed E-state index contributed by atoms with van der Waals surface area (Å²) >= 11 is 0. The molecule has 0 saturated carbocycles. The van der Waals surface area contributed by atoms with Crippen molar-refractivity contribution < 1.29 is 9.90 Å². The molecule has 2 aromatic rings. The minimum atomic E-state index is -0.958. The average Bonchev–Trinajstić information content (AvgIpc) is 2.77. The number of nitrogens with zero attached hydrogens (tertiary/aromatic N) is 1. The van der Waals surface area contributed by atoms with Crippen molar-refractivity contribution in [2.24, 2.45) is 5.73 Å².